The Labute approximate surface area is 197 Å². The normalized spacial score (nSPS) is 10.8. The average Bonchev–Trinajstić information content (AvgIpc) is 2.85. The van der Waals surface area contributed by atoms with E-state index < -0.39 is 35.3 Å². The Hall–Kier alpha value is -4.60. The molecule has 3 aromatic carbocycles. The molecule has 0 fully saturated rings. The van der Waals surface area contributed by atoms with E-state index in [1.54, 1.807) is 24.3 Å². The van der Waals surface area contributed by atoms with E-state index in [2.05, 4.69) is 10.6 Å². The lowest BCUT2D eigenvalue weighted by atomic mass is 10.1. The van der Waals surface area contributed by atoms with Gasteiger partial charge >= 0.3 is 5.69 Å². The molecule has 2 amide bonds. The zero-order valence-electron chi connectivity index (χ0n) is 18.5. The molecular weight excluding hydrogens is 458 g/mol. The van der Waals surface area contributed by atoms with Gasteiger partial charge in [-0.15, -0.1) is 0 Å². The molecule has 0 atom stereocenters. The number of hydrogen-bond donors (Lipinski definition) is 2. The zero-order chi connectivity index (χ0) is 25.1. The first kappa shape index (κ1) is 23.6. The quantitative estimate of drug-likeness (QED) is 0.444. The van der Waals surface area contributed by atoms with Crippen LogP contribution in [0.5, 0.6) is 0 Å². The van der Waals surface area contributed by atoms with E-state index in [0.29, 0.717) is 5.56 Å². The number of amides is 2. The molecule has 0 unspecified atom stereocenters. The summed E-state index contributed by atoms with van der Waals surface area (Å²) in [6.07, 6.45) is 0.129. The number of halogens is 2. The van der Waals surface area contributed by atoms with Crippen molar-refractivity contribution in [2.24, 2.45) is 0 Å². The Kier molecular flexibility index (Phi) is 6.54. The zero-order valence-corrected chi connectivity index (χ0v) is 18.5. The smallest absolute Gasteiger partial charge is 0.336 e. The van der Waals surface area contributed by atoms with Crippen molar-refractivity contribution in [3.05, 3.63) is 105 Å². The first-order valence-corrected chi connectivity index (χ1v) is 10.6. The van der Waals surface area contributed by atoms with Crippen LogP contribution in [-0.4, -0.2) is 28.0 Å². The molecule has 1 aromatic heterocycles. The number of nitrogens with one attached hydrogen (secondary N) is 2. The molecule has 4 rings (SSSR count). The second-order valence-corrected chi connectivity index (χ2v) is 7.72. The van der Waals surface area contributed by atoms with Crippen molar-refractivity contribution in [1.29, 1.82) is 0 Å². The van der Waals surface area contributed by atoms with Crippen LogP contribution in [0.4, 0.5) is 14.5 Å². The summed E-state index contributed by atoms with van der Waals surface area (Å²) in [7, 11) is 1.52. The molecule has 0 aliphatic heterocycles. The van der Waals surface area contributed by atoms with Gasteiger partial charge in [-0.05, 0) is 42.0 Å². The predicted molar refractivity (Wildman–Crippen MR) is 127 cm³/mol. The van der Waals surface area contributed by atoms with Crippen molar-refractivity contribution < 1.29 is 18.4 Å². The standard InChI is InChI=1S/C25H20F2N4O4/c1-28-22(32)12-15-6-9-17(10-7-15)31-24(34)18-4-2-3-5-21(18)30(25(31)35)14-23(33)29-20-13-16(26)8-11-19(20)27/h2-11,13H,12,14H2,1H3,(H,28,32)(H,29,33). The molecule has 0 aliphatic carbocycles. The minimum absolute atomic E-state index is 0.129. The molecule has 0 saturated carbocycles. The number of carbonyl (C=O) groups excluding carboxylic acids is 2. The van der Waals surface area contributed by atoms with E-state index in [-0.39, 0.29) is 34.6 Å². The van der Waals surface area contributed by atoms with Crippen LogP contribution >= 0.6 is 0 Å². The Morgan fingerprint density at radius 1 is 0.914 bits per heavy atom. The number of anilines is 1. The van der Waals surface area contributed by atoms with E-state index >= 15 is 0 Å². The summed E-state index contributed by atoms with van der Waals surface area (Å²) in [6.45, 7) is -0.551. The topological polar surface area (TPSA) is 102 Å². The van der Waals surface area contributed by atoms with Gasteiger partial charge in [-0.1, -0.05) is 24.3 Å². The molecule has 2 N–H and O–H groups in total. The summed E-state index contributed by atoms with van der Waals surface area (Å²) < 4.78 is 29.4. The maximum absolute atomic E-state index is 14.0. The first-order valence-electron chi connectivity index (χ1n) is 10.6. The summed E-state index contributed by atoms with van der Waals surface area (Å²) in [5.41, 5.74) is -0.604. The van der Waals surface area contributed by atoms with Gasteiger partial charge in [-0.3, -0.25) is 19.0 Å². The second kappa shape index (κ2) is 9.72. The SMILES string of the molecule is CNC(=O)Cc1ccc(-n2c(=O)c3ccccc3n(CC(=O)Nc3cc(F)ccc3F)c2=O)cc1. The molecule has 178 valence electrons. The van der Waals surface area contributed by atoms with E-state index in [0.717, 1.165) is 27.3 Å². The van der Waals surface area contributed by atoms with Crippen LogP contribution in [0.25, 0.3) is 16.6 Å². The minimum atomic E-state index is -0.834. The van der Waals surface area contributed by atoms with Crippen molar-refractivity contribution in [2.75, 3.05) is 12.4 Å². The van der Waals surface area contributed by atoms with Gasteiger partial charge in [0.25, 0.3) is 5.56 Å². The molecule has 10 heteroatoms. The van der Waals surface area contributed by atoms with Gasteiger partial charge in [-0.2, -0.15) is 0 Å². The Morgan fingerprint density at radius 3 is 2.34 bits per heavy atom. The van der Waals surface area contributed by atoms with Gasteiger partial charge < -0.3 is 10.6 Å². The Balaban J connectivity index is 1.76. The van der Waals surface area contributed by atoms with Crippen LogP contribution < -0.4 is 21.9 Å². The first-order chi connectivity index (χ1) is 16.8. The van der Waals surface area contributed by atoms with E-state index in [1.807, 2.05) is 0 Å². The molecule has 4 aromatic rings. The summed E-state index contributed by atoms with van der Waals surface area (Å²) in [4.78, 5) is 50.8. The fourth-order valence-corrected chi connectivity index (χ4v) is 3.66. The molecule has 0 spiro atoms. The van der Waals surface area contributed by atoms with Crippen LogP contribution in [0.1, 0.15) is 5.56 Å². The van der Waals surface area contributed by atoms with Crippen molar-refractivity contribution in [3.8, 4) is 5.69 Å². The Morgan fingerprint density at radius 2 is 1.63 bits per heavy atom. The summed E-state index contributed by atoms with van der Waals surface area (Å²) >= 11 is 0. The third-order valence-electron chi connectivity index (χ3n) is 5.39. The molecule has 0 saturated heterocycles. The van der Waals surface area contributed by atoms with Crippen LogP contribution in [0, 0.1) is 11.6 Å². The van der Waals surface area contributed by atoms with Gasteiger partial charge in [0, 0.05) is 13.1 Å². The number of fused-ring (bicyclic) bond motifs is 1. The third-order valence-corrected chi connectivity index (χ3v) is 5.39. The van der Waals surface area contributed by atoms with Gasteiger partial charge in [0.1, 0.15) is 18.2 Å². The lowest BCUT2D eigenvalue weighted by Gasteiger charge is -2.15. The van der Waals surface area contributed by atoms with E-state index in [1.165, 1.54) is 31.3 Å². The van der Waals surface area contributed by atoms with Crippen molar-refractivity contribution in [1.82, 2.24) is 14.5 Å². The maximum atomic E-state index is 14.0. The van der Waals surface area contributed by atoms with Crippen LogP contribution in [0.3, 0.4) is 0 Å². The molecule has 0 aliphatic rings. The average molecular weight is 478 g/mol. The highest BCUT2D eigenvalue weighted by atomic mass is 19.1. The van der Waals surface area contributed by atoms with E-state index in [9.17, 15) is 28.0 Å². The molecule has 35 heavy (non-hydrogen) atoms. The van der Waals surface area contributed by atoms with Crippen molar-refractivity contribution >= 4 is 28.4 Å². The number of nitrogens with zero attached hydrogens (tertiary/aromatic N) is 2. The number of rotatable bonds is 6. The highest BCUT2D eigenvalue weighted by Gasteiger charge is 2.17. The molecular formula is C25H20F2N4O4. The van der Waals surface area contributed by atoms with E-state index in [4.69, 9.17) is 0 Å². The monoisotopic (exact) mass is 478 g/mol. The minimum Gasteiger partial charge on any atom is -0.359 e. The molecule has 8 nitrogen and oxygen atoms in total. The summed E-state index contributed by atoms with van der Waals surface area (Å²) in [5.74, 6) is -2.55. The maximum Gasteiger partial charge on any atom is 0.336 e. The second-order valence-electron chi connectivity index (χ2n) is 7.72. The predicted octanol–water partition coefficient (Wildman–Crippen LogP) is 2.36. The lowest BCUT2D eigenvalue weighted by molar-refractivity contribution is -0.120. The van der Waals surface area contributed by atoms with Crippen LogP contribution in [-0.2, 0) is 22.6 Å². The number of para-hydroxylation sites is 1. The highest BCUT2D eigenvalue weighted by Crippen LogP contribution is 2.16. The fraction of sp³-hybridized carbons (Fsp3) is 0.120. The molecule has 0 bridgehead atoms. The van der Waals surface area contributed by atoms with Crippen molar-refractivity contribution in [3.63, 3.8) is 0 Å². The summed E-state index contributed by atoms with van der Waals surface area (Å²) in [5, 5.41) is 4.96. The number of carbonyl (C=O) groups is 2. The van der Waals surface area contributed by atoms with Crippen molar-refractivity contribution in [2.45, 2.75) is 13.0 Å². The van der Waals surface area contributed by atoms with Gasteiger partial charge in [0.05, 0.1) is 28.7 Å². The van der Waals surface area contributed by atoms with Crippen LogP contribution in [0.15, 0.2) is 76.3 Å². The van der Waals surface area contributed by atoms with Gasteiger partial charge in [0.15, 0.2) is 0 Å². The highest BCUT2D eigenvalue weighted by molar-refractivity contribution is 5.91. The van der Waals surface area contributed by atoms with Crippen LogP contribution in [0.2, 0.25) is 0 Å². The van der Waals surface area contributed by atoms with Gasteiger partial charge in [-0.25, -0.2) is 18.1 Å². The lowest BCUT2D eigenvalue weighted by Crippen LogP contribution is -2.40. The Bertz CT molecular complexity index is 1560. The summed E-state index contributed by atoms with van der Waals surface area (Å²) in [6, 6.07) is 15.2. The third kappa shape index (κ3) is 4.86. The fourth-order valence-electron chi connectivity index (χ4n) is 3.66. The molecule has 1 heterocycles. The molecule has 0 radical (unpaired) electrons. The number of benzene rings is 3. The van der Waals surface area contributed by atoms with Gasteiger partial charge in [0.2, 0.25) is 11.8 Å². The largest absolute Gasteiger partial charge is 0.359 e. The number of aromatic nitrogens is 2. The number of hydrogen-bond acceptors (Lipinski definition) is 4. The number of likely N-dealkylation sites (N-methyl/N-ethyl adjacent to an activating group) is 1.